The van der Waals surface area contributed by atoms with Gasteiger partial charge in [0.25, 0.3) is 11.8 Å². The highest BCUT2D eigenvalue weighted by Gasteiger charge is 2.20. The molecule has 2 amide bonds. The van der Waals surface area contributed by atoms with Crippen molar-refractivity contribution in [2.75, 3.05) is 10.6 Å². The Morgan fingerprint density at radius 1 is 0.914 bits per heavy atom. The molecule has 35 heavy (non-hydrogen) atoms. The number of fused-ring (bicyclic) bond motifs is 1. The van der Waals surface area contributed by atoms with Gasteiger partial charge in [0.1, 0.15) is 0 Å². The van der Waals surface area contributed by atoms with Crippen LogP contribution in [0.1, 0.15) is 26.4 Å². The molecule has 5 aromatic rings. The van der Waals surface area contributed by atoms with Crippen molar-refractivity contribution < 1.29 is 18.6 Å². The average Bonchev–Trinajstić information content (AvgIpc) is 3.50. The maximum Gasteiger partial charge on any atom is 0.439 e. The summed E-state index contributed by atoms with van der Waals surface area (Å²) in [6.07, 6.45) is 0. The van der Waals surface area contributed by atoms with Crippen LogP contribution in [0.4, 0.5) is 11.4 Å². The maximum absolute atomic E-state index is 13.1. The Kier molecular flexibility index (Phi) is 5.37. The molecule has 170 valence electrons. The van der Waals surface area contributed by atoms with Crippen LogP contribution in [0.15, 0.2) is 80.6 Å². The van der Waals surface area contributed by atoms with Gasteiger partial charge in [0.15, 0.2) is 17.1 Å². The van der Waals surface area contributed by atoms with E-state index in [1.165, 1.54) is 18.2 Å². The molecule has 11 heteroatoms. The molecule has 0 fully saturated rings. The fraction of sp³-hybridized carbons (Fsp3) is 0. The van der Waals surface area contributed by atoms with E-state index in [1.54, 1.807) is 42.5 Å². The Balaban J connectivity index is 1.45. The fourth-order valence-corrected chi connectivity index (χ4v) is 3.42. The van der Waals surface area contributed by atoms with Crippen LogP contribution in [-0.2, 0) is 0 Å². The van der Waals surface area contributed by atoms with Gasteiger partial charge < -0.3 is 15.2 Å². The predicted octanol–water partition coefficient (Wildman–Crippen LogP) is 3.55. The van der Waals surface area contributed by atoms with E-state index in [0.717, 1.165) is 0 Å². The van der Waals surface area contributed by atoms with Gasteiger partial charge in [0, 0.05) is 16.8 Å². The number of rotatable bonds is 5. The minimum Gasteiger partial charge on any atom is -0.355 e. The van der Waals surface area contributed by atoms with Crippen LogP contribution in [0.3, 0.4) is 0 Å². The van der Waals surface area contributed by atoms with Crippen molar-refractivity contribution in [1.29, 1.82) is 5.26 Å². The first-order valence-electron chi connectivity index (χ1n) is 10.2. The molecule has 0 atom stereocenters. The lowest BCUT2D eigenvalue weighted by Gasteiger charge is -2.09. The second-order valence-electron chi connectivity index (χ2n) is 7.33. The third-order valence-electron chi connectivity index (χ3n) is 5.07. The Hall–Kier alpha value is -5.50. The molecule has 0 bridgehead atoms. The lowest BCUT2D eigenvalue weighted by molar-refractivity contribution is 0.101. The van der Waals surface area contributed by atoms with E-state index in [-0.39, 0.29) is 34.2 Å². The number of nitrogens with zero attached hydrogens (tertiary/aromatic N) is 3. The van der Waals surface area contributed by atoms with Gasteiger partial charge in [-0.15, -0.1) is 0 Å². The highest BCUT2D eigenvalue weighted by atomic mass is 16.5. The van der Waals surface area contributed by atoms with Crippen LogP contribution in [-0.4, -0.2) is 27.1 Å². The largest absolute Gasteiger partial charge is 0.439 e. The number of amides is 2. The lowest BCUT2D eigenvalue weighted by Crippen LogP contribution is -2.14. The molecule has 0 aliphatic carbocycles. The van der Waals surface area contributed by atoms with E-state index in [9.17, 15) is 19.6 Å². The molecule has 0 saturated heterocycles. The van der Waals surface area contributed by atoms with Crippen LogP contribution < -0.4 is 16.4 Å². The van der Waals surface area contributed by atoms with Crippen LogP contribution in [0.2, 0.25) is 0 Å². The summed E-state index contributed by atoms with van der Waals surface area (Å²) in [6, 6.07) is 19.9. The average molecular weight is 466 g/mol. The van der Waals surface area contributed by atoms with Gasteiger partial charge >= 0.3 is 5.76 Å². The number of aromatic amines is 1. The molecule has 0 spiro atoms. The summed E-state index contributed by atoms with van der Waals surface area (Å²) in [6.45, 7) is 0. The second-order valence-corrected chi connectivity index (χ2v) is 7.33. The summed E-state index contributed by atoms with van der Waals surface area (Å²) in [5, 5.41) is 22.5. The van der Waals surface area contributed by atoms with Crippen molar-refractivity contribution in [1.82, 2.24) is 15.3 Å². The molecular weight excluding hydrogens is 452 g/mol. The monoisotopic (exact) mass is 466 g/mol. The molecule has 3 aromatic carbocycles. The number of aromatic nitrogens is 3. The Labute approximate surface area is 196 Å². The molecule has 5 rings (SSSR count). The number of hydrogen-bond acceptors (Lipinski definition) is 8. The number of hydrogen-bond donors (Lipinski definition) is 3. The van der Waals surface area contributed by atoms with Gasteiger partial charge in [-0.2, -0.15) is 5.26 Å². The molecule has 2 aromatic heterocycles. The van der Waals surface area contributed by atoms with E-state index in [0.29, 0.717) is 22.2 Å². The molecule has 0 aliphatic heterocycles. The van der Waals surface area contributed by atoms with E-state index in [4.69, 9.17) is 4.52 Å². The van der Waals surface area contributed by atoms with Gasteiger partial charge in [-0.05, 0) is 48.5 Å². The zero-order valence-corrected chi connectivity index (χ0v) is 17.7. The molecular formula is C24H14N6O5. The second kappa shape index (κ2) is 8.80. The van der Waals surface area contributed by atoms with Gasteiger partial charge in [0.05, 0.1) is 22.7 Å². The van der Waals surface area contributed by atoms with Crippen molar-refractivity contribution in [3.8, 4) is 17.5 Å². The van der Waals surface area contributed by atoms with Crippen molar-refractivity contribution in [3.05, 3.63) is 94.1 Å². The van der Waals surface area contributed by atoms with Crippen molar-refractivity contribution in [3.63, 3.8) is 0 Å². The van der Waals surface area contributed by atoms with E-state index < -0.39 is 11.7 Å². The normalized spacial score (nSPS) is 10.6. The third kappa shape index (κ3) is 4.27. The number of carbonyl (C=O) groups excluding carboxylic acids is 2. The molecule has 0 radical (unpaired) electrons. The molecule has 0 unspecified atom stereocenters. The van der Waals surface area contributed by atoms with Crippen molar-refractivity contribution in [2.45, 2.75) is 0 Å². The predicted molar refractivity (Wildman–Crippen MR) is 124 cm³/mol. The number of anilines is 2. The van der Waals surface area contributed by atoms with Gasteiger partial charge in [-0.1, -0.05) is 28.5 Å². The maximum atomic E-state index is 13.1. The summed E-state index contributed by atoms with van der Waals surface area (Å²) in [5.74, 6) is -1.67. The number of H-pyrrole nitrogens is 1. The number of carbonyl (C=O) groups is 2. The minimum absolute atomic E-state index is 0.0280. The summed E-state index contributed by atoms with van der Waals surface area (Å²) < 4.78 is 9.81. The standard InChI is InChI=1S/C24H14N6O5/c25-12-13-6-8-18(16(10-13)21-28-24(33)35-30-21)27-23(32)20-17-11-15(7-9-19(17)34-29-20)26-22(31)14-4-2-1-3-5-14/h1-11H,(H,26,31)(H,27,32)(H,28,30,33). The van der Waals surface area contributed by atoms with Crippen LogP contribution in [0, 0.1) is 11.3 Å². The molecule has 11 nitrogen and oxygen atoms in total. The zero-order chi connectivity index (χ0) is 24.4. The van der Waals surface area contributed by atoms with E-state index >= 15 is 0 Å². The Bertz CT molecular complexity index is 1680. The first kappa shape index (κ1) is 21.4. The highest BCUT2D eigenvalue weighted by molar-refractivity contribution is 6.13. The summed E-state index contributed by atoms with van der Waals surface area (Å²) in [5.41, 5.74) is 2.05. The Morgan fingerprint density at radius 3 is 2.49 bits per heavy atom. The summed E-state index contributed by atoms with van der Waals surface area (Å²) in [7, 11) is 0. The molecule has 3 N–H and O–H groups in total. The minimum atomic E-state index is -0.785. The first-order chi connectivity index (χ1) is 17.0. The van der Waals surface area contributed by atoms with Gasteiger partial charge in [0.2, 0.25) is 0 Å². The van der Waals surface area contributed by atoms with E-state index in [1.807, 2.05) is 12.1 Å². The summed E-state index contributed by atoms with van der Waals surface area (Å²) >= 11 is 0. The smallest absolute Gasteiger partial charge is 0.355 e. The number of nitriles is 1. The van der Waals surface area contributed by atoms with E-state index in [2.05, 4.69) is 30.5 Å². The molecule has 0 saturated carbocycles. The molecule has 0 aliphatic rings. The SMILES string of the molecule is N#Cc1ccc(NC(=O)c2noc3ccc(NC(=O)c4ccccc4)cc23)c(-c2noc(=O)[nH]2)c1. The first-order valence-corrected chi connectivity index (χ1v) is 10.2. The van der Waals surface area contributed by atoms with Gasteiger partial charge in [-0.25, -0.2) is 4.79 Å². The number of benzene rings is 3. The zero-order valence-electron chi connectivity index (χ0n) is 17.7. The topological polar surface area (TPSA) is 167 Å². The Morgan fingerprint density at radius 2 is 1.74 bits per heavy atom. The summed E-state index contributed by atoms with van der Waals surface area (Å²) in [4.78, 5) is 39.4. The van der Waals surface area contributed by atoms with Crippen LogP contribution in [0.25, 0.3) is 22.4 Å². The molecule has 2 heterocycles. The van der Waals surface area contributed by atoms with Crippen molar-refractivity contribution >= 4 is 34.2 Å². The fourth-order valence-electron chi connectivity index (χ4n) is 3.42. The van der Waals surface area contributed by atoms with Crippen LogP contribution in [0.5, 0.6) is 0 Å². The van der Waals surface area contributed by atoms with Crippen LogP contribution >= 0.6 is 0 Å². The van der Waals surface area contributed by atoms with Crippen molar-refractivity contribution in [2.24, 2.45) is 0 Å². The highest BCUT2D eigenvalue weighted by Crippen LogP contribution is 2.28. The number of nitrogens with one attached hydrogen (secondary N) is 3. The quantitative estimate of drug-likeness (QED) is 0.353. The lowest BCUT2D eigenvalue weighted by atomic mass is 10.1. The van der Waals surface area contributed by atoms with Gasteiger partial charge in [-0.3, -0.25) is 19.1 Å². The third-order valence-corrected chi connectivity index (χ3v) is 5.07.